The lowest BCUT2D eigenvalue weighted by Gasteiger charge is -2.28. The Labute approximate surface area is 150 Å². The Morgan fingerprint density at radius 1 is 1.19 bits per heavy atom. The van der Waals surface area contributed by atoms with Gasteiger partial charge in [-0.2, -0.15) is 0 Å². The zero-order chi connectivity index (χ0) is 18.7. The maximum Gasteiger partial charge on any atom is 0.319 e. The predicted molar refractivity (Wildman–Crippen MR) is 95.1 cm³/mol. The fourth-order valence-corrected chi connectivity index (χ4v) is 2.87. The van der Waals surface area contributed by atoms with Gasteiger partial charge in [-0.15, -0.1) is 0 Å². The molecular formula is C19H18FN3O3. The van der Waals surface area contributed by atoms with Crippen molar-refractivity contribution in [1.29, 1.82) is 0 Å². The molecule has 6 nitrogen and oxygen atoms in total. The third kappa shape index (κ3) is 3.51. The molecule has 0 bridgehead atoms. The van der Waals surface area contributed by atoms with E-state index in [1.165, 1.54) is 25.3 Å². The number of benzene rings is 2. The van der Waals surface area contributed by atoms with E-state index in [0.29, 0.717) is 28.3 Å². The second-order valence-electron chi connectivity index (χ2n) is 5.78. The molecule has 1 atom stereocenters. The third-order valence-corrected chi connectivity index (χ3v) is 4.05. The van der Waals surface area contributed by atoms with Gasteiger partial charge in [-0.25, -0.2) is 9.18 Å². The highest BCUT2D eigenvalue weighted by atomic mass is 19.1. The molecule has 1 aliphatic heterocycles. The number of rotatable bonds is 4. The van der Waals surface area contributed by atoms with E-state index >= 15 is 0 Å². The van der Waals surface area contributed by atoms with Crippen molar-refractivity contribution < 1.29 is 18.7 Å². The van der Waals surface area contributed by atoms with Crippen LogP contribution < -0.4 is 20.7 Å². The number of hydrogen-bond donors (Lipinski definition) is 3. The maximum atomic E-state index is 13.6. The monoisotopic (exact) mass is 355 g/mol. The quantitative estimate of drug-likeness (QED) is 0.788. The number of amides is 3. The molecular weight excluding hydrogens is 337 g/mol. The zero-order valence-corrected chi connectivity index (χ0v) is 14.3. The van der Waals surface area contributed by atoms with Crippen LogP contribution in [0.2, 0.25) is 0 Å². The minimum Gasteiger partial charge on any atom is -0.495 e. The van der Waals surface area contributed by atoms with E-state index in [1.54, 1.807) is 37.3 Å². The van der Waals surface area contributed by atoms with Crippen molar-refractivity contribution in [2.45, 2.75) is 13.0 Å². The minimum absolute atomic E-state index is 0.293. The van der Waals surface area contributed by atoms with Gasteiger partial charge in [-0.3, -0.25) is 4.79 Å². The van der Waals surface area contributed by atoms with Gasteiger partial charge in [0.25, 0.3) is 5.91 Å². The first-order valence-electron chi connectivity index (χ1n) is 7.97. The summed E-state index contributed by atoms with van der Waals surface area (Å²) in [6.45, 7) is 1.63. The minimum atomic E-state index is -0.769. The molecule has 1 heterocycles. The van der Waals surface area contributed by atoms with Gasteiger partial charge in [-0.1, -0.05) is 24.3 Å². The summed E-state index contributed by atoms with van der Waals surface area (Å²) in [5.74, 6) is -0.361. The summed E-state index contributed by atoms with van der Waals surface area (Å²) < 4.78 is 18.9. The van der Waals surface area contributed by atoms with E-state index in [-0.39, 0.29) is 0 Å². The molecule has 0 saturated heterocycles. The molecule has 1 aliphatic rings. The molecule has 134 valence electrons. The Morgan fingerprint density at radius 3 is 2.69 bits per heavy atom. The number of para-hydroxylation sites is 2. The van der Waals surface area contributed by atoms with Crippen LogP contribution in [0.3, 0.4) is 0 Å². The highest BCUT2D eigenvalue weighted by Gasteiger charge is 2.31. The van der Waals surface area contributed by atoms with Crippen LogP contribution in [-0.4, -0.2) is 19.0 Å². The molecule has 0 fully saturated rings. The van der Waals surface area contributed by atoms with Crippen LogP contribution in [0.1, 0.15) is 18.5 Å². The average molecular weight is 355 g/mol. The second kappa shape index (κ2) is 7.26. The Balaban J connectivity index is 1.97. The zero-order valence-electron chi connectivity index (χ0n) is 14.3. The molecule has 2 aromatic rings. The van der Waals surface area contributed by atoms with Crippen molar-refractivity contribution in [3.05, 3.63) is 71.2 Å². The van der Waals surface area contributed by atoms with E-state index in [0.717, 1.165) is 0 Å². The summed E-state index contributed by atoms with van der Waals surface area (Å²) >= 11 is 0. The number of hydrogen-bond acceptors (Lipinski definition) is 3. The summed E-state index contributed by atoms with van der Waals surface area (Å²) in [4.78, 5) is 24.8. The lowest BCUT2D eigenvalue weighted by molar-refractivity contribution is -0.113. The number of anilines is 1. The molecule has 2 aromatic carbocycles. The van der Waals surface area contributed by atoms with E-state index < -0.39 is 23.8 Å². The summed E-state index contributed by atoms with van der Waals surface area (Å²) in [6.07, 6.45) is 0. The van der Waals surface area contributed by atoms with E-state index in [2.05, 4.69) is 16.0 Å². The molecule has 26 heavy (non-hydrogen) atoms. The fraction of sp³-hybridized carbons (Fsp3) is 0.158. The Morgan fingerprint density at radius 2 is 1.96 bits per heavy atom. The van der Waals surface area contributed by atoms with Gasteiger partial charge in [0.2, 0.25) is 0 Å². The molecule has 1 unspecified atom stereocenters. The number of ether oxygens (including phenoxy) is 1. The first-order chi connectivity index (χ1) is 12.5. The van der Waals surface area contributed by atoms with Gasteiger partial charge >= 0.3 is 6.03 Å². The second-order valence-corrected chi connectivity index (χ2v) is 5.78. The molecule has 3 N–H and O–H groups in total. The van der Waals surface area contributed by atoms with Crippen molar-refractivity contribution in [2.24, 2.45) is 0 Å². The fourth-order valence-electron chi connectivity index (χ4n) is 2.87. The van der Waals surface area contributed by atoms with Crippen molar-refractivity contribution in [1.82, 2.24) is 10.6 Å². The lowest BCUT2D eigenvalue weighted by atomic mass is 9.94. The van der Waals surface area contributed by atoms with Crippen LogP contribution in [0.4, 0.5) is 14.9 Å². The van der Waals surface area contributed by atoms with Gasteiger partial charge in [0.15, 0.2) is 0 Å². The lowest BCUT2D eigenvalue weighted by Crippen LogP contribution is -2.46. The maximum absolute atomic E-state index is 13.6. The van der Waals surface area contributed by atoms with Crippen molar-refractivity contribution in [3.8, 4) is 5.75 Å². The van der Waals surface area contributed by atoms with Gasteiger partial charge in [0, 0.05) is 5.70 Å². The molecule has 3 rings (SSSR count). The molecule has 0 spiro atoms. The first kappa shape index (κ1) is 17.5. The summed E-state index contributed by atoms with van der Waals surface area (Å²) in [7, 11) is 1.51. The highest BCUT2D eigenvalue weighted by molar-refractivity contribution is 6.07. The summed E-state index contributed by atoms with van der Waals surface area (Å²) in [5.41, 5.74) is 1.66. The van der Waals surface area contributed by atoms with Crippen molar-refractivity contribution in [2.75, 3.05) is 12.4 Å². The molecule has 3 amide bonds. The van der Waals surface area contributed by atoms with E-state index in [1.807, 2.05) is 0 Å². The van der Waals surface area contributed by atoms with Crippen LogP contribution in [0.5, 0.6) is 5.75 Å². The average Bonchev–Trinajstić information content (AvgIpc) is 2.61. The topological polar surface area (TPSA) is 79.5 Å². The normalized spacial score (nSPS) is 16.6. The van der Waals surface area contributed by atoms with Crippen LogP contribution in [-0.2, 0) is 4.79 Å². The van der Waals surface area contributed by atoms with Gasteiger partial charge in [0.05, 0.1) is 24.4 Å². The molecule has 0 aromatic heterocycles. The number of carbonyl (C=O) groups is 2. The van der Waals surface area contributed by atoms with Gasteiger partial charge < -0.3 is 20.7 Å². The number of nitrogens with one attached hydrogen (secondary N) is 3. The smallest absolute Gasteiger partial charge is 0.319 e. The number of allylic oxidation sites excluding steroid dienone is 1. The van der Waals surface area contributed by atoms with Crippen molar-refractivity contribution >= 4 is 17.6 Å². The van der Waals surface area contributed by atoms with E-state index in [9.17, 15) is 14.0 Å². The predicted octanol–water partition coefficient (Wildman–Crippen LogP) is 3.10. The van der Waals surface area contributed by atoms with E-state index in [4.69, 9.17) is 4.74 Å². The molecule has 0 aliphatic carbocycles. The van der Waals surface area contributed by atoms with Crippen LogP contribution in [0.25, 0.3) is 0 Å². The van der Waals surface area contributed by atoms with Crippen LogP contribution in [0, 0.1) is 5.82 Å². The van der Waals surface area contributed by atoms with Crippen molar-refractivity contribution in [3.63, 3.8) is 0 Å². The Bertz CT molecular complexity index is 895. The molecule has 0 radical (unpaired) electrons. The first-order valence-corrected chi connectivity index (χ1v) is 7.97. The van der Waals surface area contributed by atoms with Crippen LogP contribution >= 0.6 is 0 Å². The standard InChI is InChI=1S/C19H18FN3O3/c1-11-16(18(24)22-14-8-3-4-9-15(14)26-2)17(23-19(25)21-11)12-6-5-7-13(20)10-12/h3-10,17H,1-2H3,(H,22,24)(H2,21,23,25). The molecule has 7 heteroatoms. The van der Waals surface area contributed by atoms with Gasteiger partial charge in [0.1, 0.15) is 11.6 Å². The summed E-state index contributed by atoms with van der Waals surface area (Å²) in [5, 5.41) is 8.04. The van der Waals surface area contributed by atoms with Gasteiger partial charge in [-0.05, 0) is 36.8 Å². The number of carbonyl (C=O) groups excluding carboxylic acids is 2. The number of methoxy groups -OCH3 is 1. The Hall–Kier alpha value is -3.35. The Kier molecular flexibility index (Phi) is 4.88. The largest absolute Gasteiger partial charge is 0.495 e. The number of halogens is 1. The highest BCUT2D eigenvalue weighted by Crippen LogP contribution is 2.30. The SMILES string of the molecule is COc1ccccc1NC(=O)C1=C(C)NC(=O)NC1c1cccc(F)c1. The molecule has 0 saturated carbocycles. The number of urea groups is 1. The van der Waals surface area contributed by atoms with Crippen LogP contribution in [0.15, 0.2) is 59.8 Å². The summed E-state index contributed by atoms with van der Waals surface area (Å²) in [6, 6.07) is 11.5. The third-order valence-electron chi connectivity index (χ3n) is 4.05.